The third kappa shape index (κ3) is 2.64. The molecule has 0 amide bonds. The molecule has 0 aromatic carbocycles. The Morgan fingerprint density at radius 2 is 2.55 bits per heavy atom. The summed E-state index contributed by atoms with van der Waals surface area (Å²) < 4.78 is 4.95. The molecule has 1 heterocycles. The number of pyridine rings is 1. The molecule has 11 heavy (non-hydrogen) atoms. The molecule has 1 aromatic rings. The lowest BCUT2D eigenvalue weighted by Crippen LogP contribution is -1.87. The van der Waals surface area contributed by atoms with Gasteiger partial charge in [0.25, 0.3) is 0 Å². The standard InChI is InChI=1S/C7H9ClNOP/c1-10-7-4-6(5-11-8)2-3-9-7/h2-4,11H,5H2,1H3. The lowest BCUT2D eigenvalue weighted by molar-refractivity contribution is 0.397. The molecule has 60 valence electrons. The number of rotatable bonds is 3. The third-order valence-corrected chi connectivity index (χ3v) is 2.22. The molecular weight excluding hydrogens is 181 g/mol. The number of halogens is 1. The van der Waals surface area contributed by atoms with E-state index in [0.29, 0.717) is 13.8 Å². The average molecular weight is 190 g/mol. The first kappa shape index (κ1) is 8.76. The summed E-state index contributed by atoms with van der Waals surface area (Å²) in [5.74, 6) is 0.650. The summed E-state index contributed by atoms with van der Waals surface area (Å²) in [6.07, 6.45) is 2.62. The topological polar surface area (TPSA) is 22.1 Å². The van der Waals surface area contributed by atoms with Crippen LogP contribution in [0.1, 0.15) is 5.56 Å². The van der Waals surface area contributed by atoms with Crippen molar-refractivity contribution in [2.24, 2.45) is 0 Å². The highest BCUT2D eigenvalue weighted by Crippen LogP contribution is 2.23. The monoisotopic (exact) mass is 189 g/mol. The Kier molecular flexibility index (Phi) is 3.61. The summed E-state index contributed by atoms with van der Waals surface area (Å²) in [7, 11) is 2.03. The molecule has 0 saturated carbocycles. The molecule has 1 aromatic heterocycles. The fourth-order valence-corrected chi connectivity index (χ4v) is 1.59. The van der Waals surface area contributed by atoms with Crippen LogP contribution in [0.25, 0.3) is 0 Å². The summed E-state index contributed by atoms with van der Waals surface area (Å²) in [6.45, 7) is 0. The maximum Gasteiger partial charge on any atom is 0.213 e. The van der Waals surface area contributed by atoms with E-state index in [1.807, 2.05) is 12.1 Å². The molecule has 2 nitrogen and oxygen atoms in total. The minimum absolute atomic E-state index is 0.422. The molecule has 1 atom stereocenters. The Hall–Kier alpha value is -0.330. The zero-order chi connectivity index (χ0) is 8.10. The van der Waals surface area contributed by atoms with E-state index in [4.69, 9.17) is 16.0 Å². The maximum absolute atomic E-state index is 5.60. The summed E-state index contributed by atoms with van der Waals surface area (Å²) in [4.78, 5) is 3.98. The van der Waals surface area contributed by atoms with E-state index < -0.39 is 0 Å². The molecule has 0 N–H and O–H groups in total. The predicted octanol–water partition coefficient (Wildman–Crippen LogP) is 2.42. The SMILES string of the molecule is COc1cc(CPCl)ccn1. The molecule has 0 saturated heterocycles. The van der Waals surface area contributed by atoms with Crippen LogP contribution < -0.4 is 4.74 Å². The van der Waals surface area contributed by atoms with E-state index >= 15 is 0 Å². The van der Waals surface area contributed by atoms with Crippen LogP contribution >= 0.6 is 19.2 Å². The van der Waals surface area contributed by atoms with Gasteiger partial charge in [0.2, 0.25) is 5.88 Å². The van der Waals surface area contributed by atoms with Crippen molar-refractivity contribution in [2.75, 3.05) is 7.11 Å². The van der Waals surface area contributed by atoms with Crippen molar-refractivity contribution in [3.05, 3.63) is 23.9 Å². The van der Waals surface area contributed by atoms with Gasteiger partial charge in [-0.1, -0.05) is 11.2 Å². The predicted molar refractivity (Wildman–Crippen MR) is 48.7 cm³/mol. The van der Waals surface area contributed by atoms with Crippen molar-refractivity contribution in [3.63, 3.8) is 0 Å². The molecule has 1 rings (SSSR count). The Morgan fingerprint density at radius 3 is 3.18 bits per heavy atom. The largest absolute Gasteiger partial charge is 0.481 e. The molecule has 0 aliphatic heterocycles. The second-order valence-corrected chi connectivity index (χ2v) is 3.44. The number of hydrogen-bond acceptors (Lipinski definition) is 2. The van der Waals surface area contributed by atoms with Gasteiger partial charge < -0.3 is 4.74 Å². The van der Waals surface area contributed by atoms with Crippen molar-refractivity contribution in [1.82, 2.24) is 4.98 Å². The van der Waals surface area contributed by atoms with Gasteiger partial charge in [-0.2, -0.15) is 0 Å². The van der Waals surface area contributed by atoms with Gasteiger partial charge in [0, 0.05) is 18.4 Å². The van der Waals surface area contributed by atoms with E-state index in [-0.39, 0.29) is 0 Å². The molecule has 0 bridgehead atoms. The van der Waals surface area contributed by atoms with Crippen LogP contribution in [0.3, 0.4) is 0 Å². The average Bonchev–Trinajstić information content (AvgIpc) is 2.06. The summed E-state index contributed by atoms with van der Waals surface area (Å²) >= 11 is 5.60. The van der Waals surface area contributed by atoms with Gasteiger partial charge >= 0.3 is 0 Å². The Morgan fingerprint density at radius 1 is 1.73 bits per heavy atom. The highest BCUT2D eigenvalue weighted by molar-refractivity contribution is 7.67. The van der Waals surface area contributed by atoms with E-state index in [9.17, 15) is 0 Å². The van der Waals surface area contributed by atoms with E-state index in [1.165, 1.54) is 5.56 Å². The minimum atomic E-state index is 0.422. The molecule has 1 unspecified atom stereocenters. The van der Waals surface area contributed by atoms with E-state index in [0.717, 1.165) is 6.16 Å². The van der Waals surface area contributed by atoms with Crippen molar-refractivity contribution in [3.8, 4) is 5.88 Å². The molecule has 0 aliphatic rings. The number of aromatic nitrogens is 1. The number of methoxy groups -OCH3 is 1. The molecule has 4 heteroatoms. The van der Waals surface area contributed by atoms with Gasteiger partial charge in [0.15, 0.2) is 0 Å². The van der Waals surface area contributed by atoms with Crippen LogP contribution in [-0.4, -0.2) is 12.1 Å². The summed E-state index contributed by atoms with van der Waals surface area (Å²) in [5, 5.41) is 0. The number of ether oxygens (including phenoxy) is 1. The third-order valence-electron chi connectivity index (χ3n) is 1.28. The van der Waals surface area contributed by atoms with Gasteiger partial charge in [-0.05, 0) is 19.6 Å². The molecular formula is C7H9ClNOP. The van der Waals surface area contributed by atoms with Crippen LogP contribution in [-0.2, 0) is 6.16 Å². The van der Waals surface area contributed by atoms with Crippen molar-refractivity contribution >= 4 is 19.2 Å². The summed E-state index contributed by atoms with van der Waals surface area (Å²) in [5.41, 5.74) is 1.17. The lowest BCUT2D eigenvalue weighted by Gasteiger charge is -2.00. The van der Waals surface area contributed by atoms with Crippen LogP contribution in [0, 0.1) is 0 Å². The Bertz CT molecular complexity index is 231. The molecule has 0 aliphatic carbocycles. The van der Waals surface area contributed by atoms with Gasteiger partial charge in [-0.3, -0.25) is 0 Å². The zero-order valence-electron chi connectivity index (χ0n) is 6.17. The van der Waals surface area contributed by atoms with E-state index in [1.54, 1.807) is 13.3 Å². The van der Waals surface area contributed by atoms with Crippen molar-refractivity contribution in [2.45, 2.75) is 6.16 Å². The van der Waals surface area contributed by atoms with Crippen LogP contribution in [0.15, 0.2) is 18.3 Å². The molecule has 0 spiro atoms. The van der Waals surface area contributed by atoms with E-state index in [2.05, 4.69) is 4.98 Å². The van der Waals surface area contributed by atoms with Crippen LogP contribution in [0.4, 0.5) is 0 Å². The fourth-order valence-electron chi connectivity index (χ4n) is 0.749. The Balaban J connectivity index is 2.74. The zero-order valence-corrected chi connectivity index (χ0v) is 7.93. The smallest absolute Gasteiger partial charge is 0.213 e. The van der Waals surface area contributed by atoms with Crippen molar-refractivity contribution in [1.29, 1.82) is 0 Å². The Labute approximate surface area is 72.5 Å². The van der Waals surface area contributed by atoms with Gasteiger partial charge in [0.05, 0.1) is 7.11 Å². The first-order valence-electron chi connectivity index (χ1n) is 3.19. The van der Waals surface area contributed by atoms with Gasteiger partial charge in [-0.25, -0.2) is 4.98 Å². The molecule has 0 radical (unpaired) electrons. The summed E-state index contributed by atoms with van der Waals surface area (Å²) in [6, 6.07) is 3.84. The highest BCUT2D eigenvalue weighted by Gasteiger charge is 1.94. The number of hydrogen-bond donors (Lipinski definition) is 0. The van der Waals surface area contributed by atoms with Gasteiger partial charge in [0.1, 0.15) is 0 Å². The first-order chi connectivity index (χ1) is 5.36. The number of nitrogens with zero attached hydrogens (tertiary/aromatic N) is 1. The second-order valence-electron chi connectivity index (χ2n) is 2.02. The minimum Gasteiger partial charge on any atom is -0.481 e. The fraction of sp³-hybridized carbons (Fsp3) is 0.286. The highest BCUT2D eigenvalue weighted by atomic mass is 35.7. The van der Waals surface area contributed by atoms with Gasteiger partial charge in [-0.15, -0.1) is 0 Å². The normalized spacial score (nSPS) is 10.7. The first-order valence-corrected chi connectivity index (χ1v) is 5.41. The molecule has 0 fully saturated rings. The van der Waals surface area contributed by atoms with Crippen LogP contribution in [0.5, 0.6) is 5.88 Å². The lowest BCUT2D eigenvalue weighted by atomic mass is 10.3. The van der Waals surface area contributed by atoms with Crippen molar-refractivity contribution < 1.29 is 4.74 Å². The van der Waals surface area contributed by atoms with Crippen LogP contribution in [0.2, 0.25) is 0 Å². The second kappa shape index (κ2) is 4.53. The maximum atomic E-state index is 5.60. The quantitative estimate of drug-likeness (QED) is 0.682.